The molecular formula is C34H43N3O5. The molecule has 1 aliphatic rings. The van der Waals surface area contributed by atoms with E-state index in [1.165, 1.54) is 0 Å². The molecule has 3 aromatic rings. The number of esters is 1. The molecule has 8 nitrogen and oxygen atoms in total. The second-order valence-corrected chi connectivity index (χ2v) is 11.0. The SMILES string of the molecule is CC(Cc1cc2c(c(C(N)=O)c1)N(CCCC(=O)OCc1ccccc1)CC2)NCCOc1ccccc1OC(C)C. The van der Waals surface area contributed by atoms with Crippen LogP contribution in [0, 0.1) is 0 Å². The highest BCUT2D eigenvalue weighted by atomic mass is 16.5. The van der Waals surface area contributed by atoms with Crippen molar-refractivity contribution >= 4 is 17.6 Å². The van der Waals surface area contributed by atoms with E-state index in [2.05, 4.69) is 23.2 Å². The van der Waals surface area contributed by atoms with Gasteiger partial charge in [0.2, 0.25) is 0 Å². The summed E-state index contributed by atoms with van der Waals surface area (Å²) >= 11 is 0. The van der Waals surface area contributed by atoms with Gasteiger partial charge in [0.1, 0.15) is 13.2 Å². The number of nitrogens with one attached hydrogen (secondary N) is 1. The quantitative estimate of drug-likeness (QED) is 0.182. The highest BCUT2D eigenvalue weighted by Gasteiger charge is 2.26. The minimum Gasteiger partial charge on any atom is -0.488 e. The molecule has 42 heavy (non-hydrogen) atoms. The van der Waals surface area contributed by atoms with Crippen LogP contribution in [0.25, 0.3) is 0 Å². The van der Waals surface area contributed by atoms with Gasteiger partial charge < -0.3 is 30.2 Å². The van der Waals surface area contributed by atoms with Crippen molar-refractivity contribution in [3.63, 3.8) is 0 Å². The molecule has 0 saturated heterocycles. The van der Waals surface area contributed by atoms with E-state index in [9.17, 15) is 9.59 Å². The Balaban J connectivity index is 1.26. The summed E-state index contributed by atoms with van der Waals surface area (Å²) in [5, 5.41) is 3.51. The van der Waals surface area contributed by atoms with E-state index in [0.29, 0.717) is 38.1 Å². The summed E-state index contributed by atoms with van der Waals surface area (Å²) < 4.78 is 17.2. The molecule has 224 valence electrons. The molecule has 1 unspecified atom stereocenters. The summed E-state index contributed by atoms with van der Waals surface area (Å²) in [5.41, 5.74) is 10.5. The van der Waals surface area contributed by atoms with Crippen LogP contribution in [0.3, 0.4) is 0 Å². The van der Waals surface area contributed by atoms with E-state index in [1.807, 2.05) is 74.5 Å². The van der Waals surface area contributed by atoms with Crippen LogP contribution < -0.4 is 25.4 Å². The van der Waals surface area contributed by atoms with E-state index in [0.717, 1.165) is 53.3 Å². The van der Waals surface area contributed by atoms with Gasteiger partial charge in [0.05, 0.1) is 17.4 Å². The Morgan fingerprint density at radius 1 is 0.976 bits per heavy atom. The molecule has 0 aromatic heterocycles. The summed E-state index contributed by atoms with van der Waals surface area (Å²) in [6.45, 7) is 9.03. The Morgan fingerprint density at radius 2 is 1.71 bits per heavy atom. The third-order valence-corrected chi connectivity index (χ3v) is 7.14. The fourth-order valence-electron chi connectivity index (χ4n) is 5.26. The first-order chi connectivity index (χ1) is 20.3. The Morgan fingerprint density at radius 3 is 2.45 bits per heavy atom. The maximum Gasteiger partial charge on any atom is 0.306 e. The second kappa shape index (κ2) is 15.3. The number of primary amides is 1. The van der Waals surface area contributed by atoms with Crippen LogP contribution in [0.2, 0.25) is 0 Å². The van der Waals surface area contributed by atoms with Gasteiger partial charge in [-0.15, -0.1) is 0 Å². The Hall–Kier alpha value is -4.04. The van der Waals surface area contributed by atoms with Crippen LogP contribution >= 0.6 is 0 Å². The normalized spacial score (nSPS) is 13.1. The van der Waals surface area contributed by atoms with Gasteiger partial charge in [-0.25, -0.2) is 0 Å². The van der Waals surface area contributed by atoms with E-state index < -0.39 is 5.91 Å². The van der Waals surface area contributed by atoms with Gasteiger partial charge in [-0.05, 0) is 74.9 Å². The van der Waals surface area contributed by atoms with Gasteiger partial charge in [-0.2, -0.15) is 0 Å². The lowest BCUT2D eigenvalue weighted by atomic mass is 9.98. The minimum absolute atomic E-state index is 0.0755. The molecule has 1 heterocycles. The summed E-state index contributed by atoms with van der Waals surface area (Å²) in [6.07, 6.45) is 2.64. The second-order valence-electron chi connectivity index (χ2n) is 11.0. The lowest BCUT2D eigenvalue weighted by molar-refractivity contribution is -0.145. The van der Waals surface area contributed by atoms with Crippen LogP contribution in [0.4, 0.5) is 5.69 Å². The average Bonchev–Trinajstić information content (AvgIpc) is 3.37. The number of hydrogen-bond acceptors (Lipinski definition) is 7. The standard InChI is InChI=1S/C34H43N3O5/c1-24(2)42-31-13-8-7-12-30(31)40-19-16-36-25(3)20-27-21-28-15-18-37(33(28)29(22-27)34(35)39)17-9-14-32(38)41-23-26-10-5-4-6-11-26/h4-8,10-13,21-22,24-25,36H,9,14-20,23H2,1-3H3,(H2,35,39). The van der Waals surface area contributed by atoms with Crippen molar-refractivity contribution < 1.29 is 23.8 Å². The van der Waals surface area contributed by atoms with Gasteiger partial charge in [0.25, 0.3) is 5.91 Å². The molecule has 3 N–H and O–H groups in total. The van der Waals surface area contributed by atoms with Crippen LogP contribution in [-0.2, 0) is 29.0 Å². The average molecular weight is 574 g/mol. The number of carbonyl (C=O) groups is 2. The number of para-hydroxylation sites is 2. The Kier molecular flexibility index (Phi) is 11.2. The van der Waals surface area contributed by atoms with Crippen LogP contribution in [0.1, 0.15) is 60.7 Å². The number of benzene rings is 3. The van der Waals surface area contributed by atoms with Crippen LogP contribution in [0.15, 0.2) is 66.7 Å². The maximum absolute atomic E-state index is 12.5. The van der Waals surface area contributed by atoms with Crippen molar-refractivity contribution in [3.05, 3.63) is 89.0 Å². The number of anilines is 1. The first kappa shape index (κ1) is 30.9. The molecule has 0 aliphatic carbocycles. The highest BCUT2D eigenvalue weighted by molar-refractivity contribution is 6.00. The molecule has 0 bridgehead atoms. The lowest BCUT2D eigenvalue weighted by Gasteiger charge is -2.22. The largest absolute Gasteiger partial charge is 0.488 e. The van der Waals surface area contributed by atoms with E-state index in [4.69, 9.17) is 19.9 Å². The zero-order chi connectivity index (χ0) is 29.9. The minimum atomic E-state index is -0.432. The molecule has 0 fully saturated rings. The molecule has 1 aliphatic heterocycles. The molecule has 1 atom stereocenters. The molecule has 8 heteroatoms. The number of amides is 1. The Bertz CT molecular complexity index is 1330. The Labute approximate surface area is 249 Å². The molecular weight excluding hydrogens is 530 g/mol. The van der Waals surface area contributed by atoms with Crippen LogP contribution in [0.5, 0.6) is 11.5 Å². The number of carbonyl (C=O) groups excluding carboxylic acids is 2. The zero-order valence-electron chi connectivity index (χ0n) is 24.9. The first-order valence-electron chi connectivity index (χ1n) is 14.8. The third kappa shape index (κ3) is 8.98. The molecule has 0 radical (unpaired) electrons. The van der Waals surface area contributed by atoms with Crippen molar-refractivity contribution in [2.24, 2.45) is 5.73 Å². The van der Waals surface area contributed by atoms with Crippen LogP contribution in [-0.4, -0.2) is 50.3 Å². The smallest absolute Gasteiger partial charge is 0.306 e. The predicted octanol–water partition coefficient (Wildman–Crippen LogP) is 5.06. The fraction of sp³-hybridized carbons (Fsp3) is 0.412. The highest BCUT2D eigenvalue weighted by Crippen LogP contribution is 2.34. The zero-order valence-corrected chi connectivity index (χ0v) is 24.9. The third-order valence-electron chi connectivity index (χ3n) is 7.14. The lowest BCUT2D eigenvalue weighted by Crippen LogP contribution is -2.32. The van der Waals surface area contributed by atoms with Gasteiger partial charge in [0, 0.05) is 32.1 Å². The van der Waals surface area contributed by atoms with Gasteiger partial charge in [0.15, 0.2) is 11.5 Å². The monoisotopic (exact) mass is 573 g/mol. The number of hydrogen-bond donors (Lipinski definition) is 2. The van der Waals surface area contributed by atoms with Crippen molar-refractivity contribution in [2.75, 3.05) is 31.1 Å². The van der Waals surface area contributed by atoms with Gasteiger partial charge in [-0.3, -0.25) is 9.59 Å². The van der Waals surface area contributed by atoms with Crippen molar-refractivity contribution in [1.29, 1.82) is 0 Å². The van der Waals surface area contributed by atoms with Crippen molar-refractivity contribution in [3.8, 4) is 11.5 Å². The van der Waals surface area contributed by atoms with Crippen molar-refractivity contribution in [1.82, 2.24) is 5.32 Å². The topological polar surface area (TPSA) is 103 Å². The molecule has 3 aromatic carbocycles. The van der Waals surface area contributed by atoms with E-state index in [-0.39, 0.29) is 24.7 Å². The number of fused-ring (bicyclic) bond motifs is 1. The number of rotatable bonds is 16. The van der Waals surface area contributed by atoms with Crippen molar-refractivity contribution in [2.45, 2.75) is 65.2 Å². The van der Waals surface area contributed by atoms with Gasteiger partial charge in [-0.1, -0.05) is 48.5 Å². The summed E-state index contributed by atoms with van der Waals surface area (Å²) in [5.74, 6) is 0.830. The number of nitrogens with two attached hydrogens (primary N) is 1. The maximum atomic E-state index is 12.5. The summed E-state index contributed by atoms with van der Waals surface area (Å²) in [7, 11) is 0. The molecule has 0 spiro atoms. The summed E-state index contributed by atoms with van der Waals surface area (Å²) in [4.78, 5) is 26.9. The van der Waals surface area contributed by atoms with Gasteiger partial charge >= 0.3 is 5.97 Å². The number of ether oxygens (including phenoxy) is 3. The molecule has 1 amide bonds. The molecule has 4 rings (SSSR count). The summed E-state index contributed by atoms with van der Waals surface area (Å²) in [6, 6.07) is 21.6. The van der Waals surface area contributed by atoms with E-state index >= 15 is 0 Å². The predicted molar refractivity (Wildman–Crippen MR) is 165 cm³/mol. The number of nitrogens with zero attached hydrogens (tertiary/aromatic N) is 1. The van der Waals surface area contributed by atoms with E-state index in [1.54, 1.807) is 0 Å². The molecule has 0 saturated carbocycles. The first-order valence-corrected chi connectivity index (χ1v) is 14.8. The fourth-order valence-corrected chi connectivity index (χ4v) is 5.26.